The molecule has 110 valence electrons. The second-order valence-electron chi connectivity index (χ2n) is 4.78. The average Bonchev–Trinajstić information content (AvgIpc) is 2.42. The Morgan fingerprint density at radius 1 is 0.905 bits per heavy atom. The molecule has 1 atom stereocenters. The minimum atomic E-state index is -2.24. The minimum absolute atomic E-state index is 0.119. The minimum Gasteiger partial charge on any atom is -0.380 e. The van der Waals surface area contributed by atoms with Crippen molar-refractivity contribution in [3.63, 3.8) is 0 Å². The monoisotopic (exact) mass is 364 g/mol. The Balaban J connectivity index is 2.26. The van der Waals surface area contributed by atoms with Crippen LogP contribution in [0.3, 0.4) is 0 Å². The average molecular weight is 365 g/mol. The normalized spacial score (nSPS) is 20.1. The first-order chi connectivity index (χ1) is 9.77. The van der Waals surface area contributed by atoms with Crippen LogP contribution in [0.5, 0.6) is 0 Å². The molecule has 1 aliphatic carbocycles. The van der Waals surface area contributed by atoms with E-state index in [9.17, 15) is 27.1 Å². The molecule has 0 spiro atoms. The fourth-order valence-electron chi connectivity index (χ4n) is 2.57. The van der Waals surface area contributed by atoms with Gasteiger partial charge in [-0.1, -0.05) is 22.0 Å². The molecule has 0 saturated heterocycles. The van der Waals surface area contributed by atoms with Gasteiger partial charge in [-0.15, -0.1) is 0 Å². The quantitative estimate of drug-likeness (QED) is 0.461. The number of halogens is 6. The highest BCUT2D eigenvalue weighted by molar-refractivity contribution is 9.10. The highest BCUT2D eigenvalue weighted by Gasteiger charge is 2.48. The van der Waals surface area contributed by atoms with E-state index in [2.05, 4.69) is 15.9 Å². The summed E-state index contributed by atoms with van der Waals surface area (Å²) in [5.41, 5.74) is -2.75. The van der Waals surface area contributed by atoms with Crippen molar-refractivity contribution in [2.24, 2.45) is 0 Å². The summed E-state index contributed by atoms with van der Waals surface area (Å²) in [6.45, 7) is 0. The summed E-state index contributed by atoms with van der Waals surface area (Å²) in [4.78, 5) is 0. The molecule has 1 nitrogen and oxygen atoms in total. The van der Waals surface area contributed by atoms with Gasteiger partial charge in [0.1, 0.15) is 5.60 Å². The molecule has 0 heterocycles. The van der Waals surface area contributed by atoms with E-state index in [0.29, 0.717) is 10.0 Å². The molecule has 0 radical (unpaired) electrons. The smallest absolute Gasteiger partial charge is 0.200 e. The summed E-state index contributed by atoms with van der Waals surface area (Å²) in [6, 6.07) is 4.49. The lowest BCUT2D eigenvalue weighted by Crippen LogP contribution is -2.42. The van der Waals surface area contributed by atoms with Gasteiger partial charge in [0.2, 0.25) is 5.82 Å². The topological polar surface area (TPSA) is 20.2 Å². The van der Waals surface area contributed by atoms with E-state index in [0.717, 1.165) is 0 Å². The molecule has 0 aliphatic heterocycles. The summed E-state index contributed by atoms with van der Waals surface area (Å²) >= 11 is 3.19. The van der Waals surface area contributed by atoms with Crippen molar-refractivity contribution >= 4 is 15.9 Å². The lowest BCUT2D eigenvalue weighted by atomic mass is 9.69. The molecular weight excluding hydrogens is 359 g/mol. The maximum absolute atomic E-state index is 13.8. The molecule has 0 aromatic heterocycles. The summed E-state index contributed by atoms with van der Waals surface area (Å²) in [5, 5.41) is 10.4. The summed E-state index contributed by atoms with van der Waals surface area (Å²) in [6.07, 6.45) is -0.236. The number of hydrogen-bond acceptors (Lipinski definition) is 1. The molecule has 0 saturated carbocycles. The first kappa shape index (κ1) is 14.5. The van der Waals surface area contributed by atoms with Crippen molar-refractivity contribution in [3.05, 3.63) is 68.4 Å². The van der Waals surface area contributed by atoms with Crippen LogP contribution >= 0.6 is 15.9 Å². The van der Waals surface area contributed by atoms with Crippen LogP contribution in [0, 0.1) is 29.1 Å². The van der Waals surface area contributed by atoms with Crippen LogP contribution in [0.1, 0.15) is 16.7 Å². The molecule has 1 N–H and O–H groups in total. The predicted octanol–water partition coefficient (Wildman–Crippen LogP) is 3.94. The van der Waals surface area contributed by atoms with Crippen molar-refractivity contribution in [2.45, 2.75) is 12.0 Å². The van der Waals surface area contributed by atoms with E-state index >= 15 is 0 Å². The predicted molar refractivity (Wildman–Crippen MR) is 67.1 cm³/mol. The van der Waals surface area contributed by atoms with Gasteiger partial charge < -0.3 is 5.11 Å². The van der Waals surface area contributed by atoms with Crippen LogP contribution in [-0.2, 0) is 12.0 Å². The number of hydrogen-bond donors (Lipinski definition) is 1. The van der Waals surface area contributed by atoms with Crippen LogP contribution in [0.4, 0.5) is 22.0 Å². The molecule has 2 aromatic rings. The Kier molecular flexibility index (Phi) is 3.11. The zero-order chi connectivity index (χ0) is 15.5. The number of aliphatic hydroxyl groups is 1. The third-order valence-electron chi connectivity index (χ3n) is 3.58. The van der Waals surface area contributed by atoms with Gasteiger partial charge in [-0.3, -0.25) is 0 Å². The van der Waals surface area contributed by atoms with Gasteiger partial charge in [0.15, 0.2) is 23.3 Å². The largest absolute Gasteiger partial charge is 0.380 e. The first-order valence-corrected chi connectivity index (χ1v) is 6.60. The van der Waals surface area contributed by atoms with Crippen molar-refractivity contribution in [2.75, 3.05) is 0 Å². The molecule has 0 bridgehead atoms. The van der Waals surface area contributed by atoms with E-state index < -0.39 is 40.3 Å². The maximum Gasteiger partial charge on any atom is 0.200 e. The van der Waals surface area contributed by atoms with Crippen molar-refractivity contribution in [3.8, 4) is 0 Å². The molecule has 3 rings (SSSR count). The standard InChI is InChI=1S/C14H6BrF5O/c15-6-1-2-7-5(3-6)4-14(7,21)8-9(16)11(18)13(20)12(19)10(8)17/h1-3,21H,4H2. The third-order valence-corrected chi connectivity index (χ3v) is 4.08. The van der Waals surface area contributed by atoms with Gasteiger partial charge in [-0.2, -0.15) is 0 Å². The van der Waals surface area contributed by atoms with E-state index in [1.807, 2.05) is 0 Å². The highest BCUT2D eigenvalue weighted by atomic mass is 79.9. The fraction of sp³-hybridized carbons (Fsp3) is 0.143. The summed E-state index contributed by atoms with van der Waals surface area (Å²) in [5.74, 6) is -10.4. The second kappa shape index (κ2) is 4.51. The number of rotatable bonds is 1. The van der Waals surface area contributed by atoms with E-state index in [-0.39, 0.29) is 12.0 Å². The van der Waals surface area contributed by atoms with Crippen molar-refractivity contribution in [1.29, 1.82) is 0 Å². The maximum atomic E-state index is 13.8. The van der Waals surface area contributed by atoms with E-state index in [1.54, 1.807) is 6.07 Å². The van der Waals surface area contributed by atoms with Crippen molar-refractivity contribution < 1.29 is 27.1 Å². The lowest BCUT2D eigenvalue weighted by Gasteiger charge is -2.40. The molecule has 0 fully saturated rings. The molecule has 2 aromatic carbocycles. The van der Waals surface area contributed by atoms with Gasteiger partial charge in [-0.25, -0.2) is 22.0 Å². The second-order valence-corrected chi connectivity index (χ2v) is 5.70. The van der Waals surface area contributed by atoms with Crippen LogP contribution in [0.15, 0.2) is 22.7 Å². The van der Waals surface area contributed by atoms with Gasteiger partial charge >= 0.3 is 0 Å². The van der Waals surface area contributed by atoms with Crippen molar-refractivity contribution in [1.82, 2.24) is 0 Å². The van der Waals surface area contributed by atoms with E-state index in [1.165, 1.54) is 12.1 Å². The zero-order valence-corrected chi connectivity index (χ0v) is 11.7. The van der Waals surface area contributed by atoms with Gasteiger partial charge in [0.25, 0.3) is 0 Å². The Morgan fingerprint density at radius 3 is 1.95 bits per heavy atom. The SMILES string of the molecule is OC1(c2c(F)c(F)c(F)c(F)c2F)Cc2cc(Br)ccc21. The van der Waals surface area contributed by atoms with Gasteiger partial charge in [0.05, 0.1) is 5.56 Å². The molecule has 21 heavy (non-hydrogen) atoms. The Hall–Kier alpha value is -1.47. The van der Waals surface area contributed by atoms with Gasteiger partial charge in [-0.05, 0) is 23.3 Å². The third kappa shape index (κ3) is 1.83. The molecular formula is C14H6BrF5O. The Morgan fingerprint density at radius 2 is 1.43 bits per heavy atom. The fourth-order valence-corrected chi connectivity index (χ4v) is 2.98. The number of fused-ring (bicyclic) bond motifs is 1. The lowest BCUT2D eigenvalue weighted by molar-refractivity contribution is 0.0462. The van der Waals surface area contributed by atoms with Crippen LogP contribution < -0.4 is 0 Å². The van der Waals surface area contributed by atoms with Crippen LogP contribution in [0.25, 0.3) is 0 Å². The molecule has 1 aliphatic rings. The van der Waals surface area contributed by atoms with E-state index in [4.69, 9.17) is 0 Å². The summed E-state index contributed by atoms with van der Waals surface area (Å²) in [7, 11) is 0. The number of benzene rings is 2. The Labute approximate surface area is 124 Å². The van der Waals surface area contributed by atoms with Crippen LogP contribution in [0.2, 0.25) is 0 Å². The zero-order valence-electron chi connectivity index (χ0n) is 10.2. The highest BCUT2D eigenvalue weighted by Crippen LogP contribution is 2.47. The summed E-state index contributed by atoms with van der Waals surface area (Å²) < 4.78 is 67.8. The Bertz CT molecular complexity index is 747. The molecule has 1 unspecified atom stereocenters. The molecule has 0 amide bonds. The molecule has 7 heteroatoms. The first-order valence-electron chi connectivity index (χ1n) is 5.80. The van der Waals surface area contributed by atoms with Gasteiger partial charge in [0, 0.05) is 10.9 Å². The van der Waals surface area contributed by atoms with Crippen LogP contribution in [-0.4, -0.2) is 5.11 Å².